The van der Waals surface area contributed by atoms with E-state index in [1.54, 1.807) is 0 Å². The number of carbonyl (C=O) groups excluding carboxylic acids is 2. The molecule has 26 heavy (non-hydrogen) atoms. The molecule has 1 aromatic carbocycles. The predicted octanol–water partition coefficient (Wildman–Crippen LogP) is 4.32. The van der Waals surface area contributed by atoms with Gasteiger partial charge >= 0.3 is 6.18 Å². The van der Waals surface area contributed by atoms with Gasteiger partial charge in [0.1, 0.15) is 0 Å². The number of halogens is 3. The quantitative estimate of drug-likeness (QED) is 0.839. The Kier molecular flexibility index (Phi) is 6.67. The minimum Gasteiger partial charge on any atom is -0.343 e. The van der Waals surface area contributed by atoms with E-state index in [2.05, 4.69) is 5.32 Å². The van der Waals surface area contributed by atoms with Crippen molar-refractivity contribution in [1.29, 1.82) is 0 Å². The number of nitrogens with one attached hydrogen (secondary N) is 1. The largest absolute Gasteiger partial charge is 0.416 e. The number of nitrogens with zero attached hydrogens (tertiary/aromatic N) is 1. The summed E-state index contributed by atoms with van der Waals surface area (Å²) in [6, 6.07) is 4.43. The SMILES string of the molecule is CCN(CC)C(=O)C1CCC(C(=O)Nc2ccc(C(F)(F)F)cc2)CC1. The van der Waals surface area contributed by atoms with E-state index in [9.17, 15) is 22.8 Å². The number of amides is 2. The number of hydrogen-bond donors (Lipinski definition) is 1. The van der Waals surface area contributed by atoms with Gasteiger partial charge in [-0.15, -0.1) is 0 Å². The number of alkyl halides is 3. The molecular weight excluding hydrogens is 345 g/mol. The molecular formula is C19H25F3N2O2. The standard InChI is InChI=1S/C19H25F3N2O2/c1-3-24(4-2)18(26)14-7-5-13(6-8-14)17(25)23-16-11-9-15(10-12-16)19(20,21)22/h9-14H,3-8H2,1-2H3,(H,23,25). The van der Waals surface area contributed by atoms with E-state index in [0.29, 0.717) is 44.5 Å². The van der Waals surface area contributed by atoms with Gasteiger partial charge in [-0.2, -0.15) is 13.2 Å². The normalized spacial score (nSPS) is 20.5. The van der Waals surface area contributed by atoms with Crippen molar-refractivity contribution in [3.63, 3.8) is 0 Å². The lowest BCUT2D eigenvalue weighted by Crippen LogP contribution is -2.38. The lowest BCUT2D eigenvalue weighted by molar-refractivity contribution is -0.138. The van der Waals surface area contributed by atoms with Gasteiger partial charge in [-0.05, 0) is 63.8 Å². The van der Waals surface area contributed by atoms with Crippen LogP contribution >= 0.6 is 0 Å². The number of rotatable bonds is 5. The number of hydrogen-bond acceptors (Lipinski definition) is 2. The Morgan fingerprint density at radius 1 is 1.00 bits per heavy atom. The minimum absolute atomic E-state index is 0.0370. The second-order valence-corrected chi connectivity index (χ2v) is 6.62. The van der Waals surface area contributed by atoms with Crippen molar-refractivity contribution in [3.05, 3.63) is 29.8 Å². The van der Waals surface area contributed by atoms with E-state index in [4.69, 9.17) is 0 Å². The summed E-state index contributed by atoms with van der Waals surface area (Å²) in [4.78, 5) is 26.5. The zero-order valence-corrected chi connectivity index (χ0v) is 15.1. The molecule has 0 radical (unpaired) electrons. The molecule has 0 spiro atoms. The highest BCUT2D eigenvalue weighted by molar-refractivity contribution is 5.92. The third-order valence-corrected chi connectivity index (χ3v) is 5.00. The lowest BCUT2D eigenvalue weighted by Gasteiger charge is -2.30. The number of carbonyl (C=O) groups is 2. The molecule has 0 unspecified atom stereocenters. The van der Waals surface area contributed by atoms with Crippen LogP contribution < -0.4 is 5.32 Å². The zero-order chi connectivity index (χ0) is 19.3. The van der Waals surface area contributed by atoms with Crippen LogP contribution in [-0.4, -0.2) is 29.8 Å². The fraction of sp³-hybridized carbons (Fsp3) is 0.579. The molecule has 7 heteroatoms. The van der Waals surface area contributed by atoms with Gasteiger partial charge in [-0.1, -0.05) is 0 Å². The molecule has 0 aliphatic heterocycles. The number of benzene rings is 1. The fourth-order valence-corrected chi connectivity index (χ4v) is 3.38. The van der Waals surface area contributed by atoms with Gasteiger partial charge in [0.15, 0.2) is 0 Å². The Morgan fingerprint density at radius 3 is 1.96 bits per heavy atom. The van der Waals surface area contributed by atoms with E-state index < -0.39 is 11.7 Å². The molecule has 4 nitrogen and oxygen atoms in total. The highest BCUT2D eigenvalue weighted by Gasteiger charge is 2.32. The Morgan fingerprint density at radius 2 is 1.50 bits per heavy atom. The van der Waals surface area contributed by atoms with E-state index >= 15 is 0 Å². The van der Waals surface area contributed by atoms with Gasteiger partial charge in [-0.3, -0.25) is 9.59 Å². The summed E-state index contributed by atoms with van der Waals surface area (Å²) in [6.07, 6.45) is -1.83. The maximum Gasteiger partial charge on any atom is 0.416 e. The van der Waals surface area contributed by atoms with Crippen LogP contribution in [0.25, 0.3) is 0 Å². The van der Waals surface area contributed by atoms with Crippen LogP contribution in [0.2, 0.25) is 0 Å². The molecule has 0 heterocycles. The fourth-order valence-electron chi connectivity index (χ4n) is 3.38. The van der Waals surface area contributed by atoms with Crippen molar-refractivity contribution in [1.82, 2.24) is 4.90 Å². The predicted molar refractivity (Wildman–Crippen MR) is 93.4 cm³/mol. The summed E-state index contributed by atoms with van der Waals surface area (Å²) in [6.45, 7) is 5.27. The molecule has 0 aromatic heterocycles. The smallest absolute Gasteiger partial charge is 0.343 e. The maximum atomic E-state index is 12.6. The van der Waals surface area contributed by atoms with E-state index in [1.807, 2.05) is 18.7 Å². The topological polar surface area (TPSA) is 49.4 Å². The van der Waals surface area contributed by atoms with Crippen molar-refractivity contribution in [2.24, 2.45) is 11.8 Å². The molecule has 1 aliphatic rings. The molecule has 144 valence electrons. The summed E-state index contributed by atoms with van der Waals surface area (Å²) in [7, 11) is 0. The van der Waals surface area contributed by atoms with Crippen LogP contribution in [0.4, 0.5) is 18.9 Å². The third-order valence-electron chi connectivity index (χ3n) is 5.00. The summed E-state index contributed by atoms with van der Waals surface area (Å²) in [5.41, 5.74) is -0.393. The molecule has 0 saturated heterocycles. The van der Waals surface area contributed by atoms with Gasteiger partial charge in [-0.25, -0.2) is 0 Å². The molecule has 0 bridgehead atoms. The average molecular weight is 370 g/mol. The van der Waals surface area contributed by atoms with Crippen LogP contribution in [0.1, 0.15) is 45.1 Å². The molecule has 2 rings (SSSR count). The van der Waals surface area contributed by atoms with Crippen molar-refractivity contribution in [2.45, 2.75) is 45.7 Å². The zero-order valence-electron chi connectivity index (χ0n) is 15.1. The van der Waals surface area contributed by atoms with E-state index in [0.717, 1.165) is 12.1 Å². The van der Waals surface area contributed by atoms with E-state index in [1.165, 1.54) is 12.1 Å². The Bertz CT molecular complexity index is 617. The maximum absolute atomic E-state index is 12.6. The van der Waals surface area contributed by atoms with E-state index in [-0.39, 0.29) is 23.7 Å². The molecule has 1 fully saturated rings. The molecule has 1 saturated carbocycles. The first-order chi connectivity index (χ1) is 12.3. The van der Waals surface area contributed by atoms with Crippen LogP contribution in [0, 0.1) is 11.8 Å². The highest BCUT2D eigenvalue weighted by atomic mass is 19.4. The molecule has 1 N–H and O–H groups in total. The summed E-state index contributed by atoms with van der Waals surface area (Å²) in [5, 5.41) is 2.68. The Hall–Kier alpha value is -2.05. The summed E-state index contributed by atoms with van der Waals surface area (Å²) in [5.74, 6) is -0.293. The van der Waals surface area contributed by atoms with Crippen LogP contribution in [0.5, 0.6) is 0 Å². The van der Waals surface area contributed by atoms with Gasteiger partial charge in [0, 0.05) is 30.6 Å². The molecule has 1 aliphatic carbocycles. The highest BCUT2D eigenvalue weighted by Crippen LogP contribution is 2.32. The second-order valence-electron chi connectivity index (χ2n) is 6.62. The van der Waals surface area contributed by atoms with Crippen molar-refractivity contribution in [2.75, 3.05) is 18.4 Å². The molecule has 2 amide bonds. The van der Waals surface area contributed by atoms with Gasteiger partial charge < -0.3 is 10.2 Å². The minimum atomic E-state index is -4.39. The van der Waals surface area contributed by atoms with Crippen molar-refractivity contribution < 1.29 is 22.8 Å². The monoisotopic (exact) mass is 370 g/mol. The molecule has 1 aromatic rings. The lowest BCUT2D eigenvalue weighted by atomic mass is 9.81. The first-order valence-corrected chi connectivity index (χ1v) is 9.03. The van der Waals surface area contributed by atoms with Crippen LogP contribution in [0.15, 0.2) is 24.3 Å². The average Bonchev–Trinajstić information content (AvgIpc) is 2.62. The van der Waals surface area contributed by atoms with Crippen LogP contribution in [0.3, 0.4) is 0 Å². The number of anilines is 1. The Balaban J connectivity index is 1.87. The first kappa shape index (κ1) is 20.3. The van der Waals surface area contributed by atoms with Gasteiger partial charge in [0.2, 0.25) is 11.8 Å². The summed E-state index contributed by atoms with van der Waals surface area (Å²) < 4.78 is 37.7. The molecule has 0 atom stereocenters. The van der Waals surface area contributed by atoms with Gasteiger partial charge in [0.25, 0.3) is 0 Å². The second kappa shape index (κ2) is 8.56. The van der Waals surface area contributed by atoms with Crippen molar-refractivity contribution in [3.8, 4) is 0 Å². The third kappa shape index (κ3) is 4.99. The van der Waals surface area contributed by atoms with Crippen molar-refractivity contribution >= 4 is 17.5 Å². The Labute approximate surface area is 151 Å². The van der Waals surface area contributed by atoms with Gasteiger partial charge in [0.05, 0.1) is 5.56 Å². The summed E-state index contributed by atoms with van der Waals surface area (Å²) >= 11 is 0. The first-order valence-electron chi connectivity index (χ1n) is 9.03. The van der Waals surface area contributed by atoms with Crippen LogP contribution in [-0.2, 0) is 15.8 Å².